The van der Waals surface area contributed by atoms with E-state index >= 15 is 0 Å². The van der Waals surface area contributed by atoms with E-state index in [0.29, 0.717) is 10.6 Å². The quantitative estimate of drug-likeness (QED) is 0.837. The van der Waals surface area contributed by atoms with Crippen molar-refractivity contribution in [3.63, 3.8) is 0 Å². The molecule has 18 heavy (non-hydrogen) atoms. The molecule has 1 N–H and O–H groups in total. The molecule has 1 aromatic rings. The summed E-state index contributed by atoms with van der Waals surface area (Å²) < 4.78 is 10.2. The molecule has 1 unspecified atom stereocenters. The molecule has 0 saturated carbocycles. The topological polar surface area (TPSA) is 47.6 Å². The van der Waals surface area contributed by atoms with Gasteiger partial charge in [0.2, 0.25) is 0 Å². The number of hydrogen-bond acceptors (Lipinski definition) is 3. The first kappa shape index (κ1) is 15.0. The summed E-state index contributed by atoms with van der Waals surface area (Å²) in [6.45, 7) is 3.67. The molecule has 1 aromatic carbocycles. The lowest BCUT2D eigenvalue weighted by Crippen LogP contribution is -2.42. The van der Waals surface area contributed by atoms with Gasteiger partial charge in [0.15, 0.2) is 6.29 Å². The zero-order valence-electron chi connectivity index (χ0n) is 11.0. The number of halogens is 1. The van der Waals surface area contributed by atoms with Crippen LogP contribution in [0, 0.1) is 6.92 Å². The van der Waals surface area contributed by atoms with Crippen molar-refractivity contribution < 1.29 is 14.3 Å². The van der Waals surface area contributed by atoms with Crippen molar-refractivity contribution in [1.82, 2.24) is 5.32 Å². The molecular weight excluding hydrogens is 254 g/mol. The van der Waals surface area contributed by atoms with Crippen molar-refractivity contribution in [2.45, 2.75) is 26.2 Å². The van der Waals surface area contributed by atoms with Crippen LogP contribution in [0.15, 0.2) is 18.2 Å². The lowest BCUT2D eigenvalue weighted by Gasteiger charge is -2.22. The zero-order chi connectivity index (χ0) is 13.7. The zero-order valence-corrected chi connectivity index (χ0v) is 11.7. The van der Waals surface area contributed by atoms with Gasteiger partial charge in [0.1, 0.15) is 0 Å². The van der Waals surface area contributed by atoms with E-state index < -0.39 is 6.29 Å². The molecule has 0 radical (unpaired) electrons. The summed E-state index contributed by atoms with van der Waals surface area (Å²) in [5.41, 5.74) is 1.43. The van der Waals surface area contributed by atoms with E-state index in [1.807, 2.05) is 13.8 Å². The third kappa shape index (κ3) is 3.70. The average molecular weight is 272 g/mol. The second-order valence-corrected chi connectivity index (χ2v) is 4.47. The van der Waals surface area contributed by atoms with E-state index in [0.717, 1.165) is 5.56 Å². The number of carbonyl (C=O) groups is 1. The van der Waals surface area contributed by atoms with E-state index in [-0.39, 0.29) is 11.9 Å². The summed E-state index contributed by atoms with van der Waals surface area (Å²) in [6.07, 6.45) is -0.470. The van der Waals surface area contributed by atoms with Crippen LogP contribution in [0.1, 0.15) is 22.8 Å². The van der Waals surface area contributed by atoms with Crippen molar-refractivity contribution in [1.29, 1.82) is 0 Å². The molecule has 0 aliphatic rings. The van der Waals surface area contributed by atoms with Crippen LogP contribution in [0.2, 0.25) is 5.02 Å². The number of benzene rings is 1. The van der Waals surface area contributed by atoms with Crippen LogP contribution in [-0.2, 0) is 9.47 Å². The third-order valence-electron chi connectivity index (χ3n) is 2.65. The van der Waals surface area contributed by atoms with Crippen molar-refractivity contribution >= 4 is 17.5 Å². The van der Waals surface area contributed by atoms with Crippen molar-refractivity contribution in [2.24, 2.45) is 0 Å². The summed E-state index contributed by atoms with van der Waals surface area (Å²) in [4.78, 5) is 12.0. The normalized spacial score (nSPS) is 12.6. The van der Waals surface area contributed by atoms with Crippen LogP contribution >= 0.6 is 11.6 Å². The Morgan fingerprint density at radius 1 is 1.33 bits per heavy atom. The predicted molar refractivity (Wildman–Crippen MR) is 70.9 cm³/mol. The Morgan fingerprint density at radius 3 is 2.44 bits per heavy atom. The van der Waals surface area contributed by atoms with Crippen molar-refractivity contribution in [3.05, 3.63) is 34.3 Å². The monoisotopic (exact) mass is 271 g/mol. The molecular formula is C13H18ClNO3. The summed E-state index contributed by atoms with van der Waals surface area (Å²) in [5.74, 6) is -0.179. The molecule has 1 atom stereocenters. The number of ether oxygens (including phenoxy) is 2. The van der Waals surface area contributed by atoms with E-state index in [4.69, 9.17) is 21.1 Å². The van der Waals surface area contributed by atoms with Gasteiger partial charge in [0.05, 0.1) is 6.04 Å². The number of carbonyl (C=O) groups excluding carboxylic acids is 1. The molecule has 0 aliphatic heterocycles. The van der Waals surface area contributed by atoms with Gasteiger partial charge in [-0.3, -0.25) is 4.79 Å². The molecule has 0 bridgehead atoms. The van der Waals surface area contributed by atoms with Crippen molar-refractivity contribution in [2.75, 3.05) is 14.2 Å². The summed E-state index contributed by atoms with van der Waals surface area (Å²) >= 11 is 5.91. The number of nitrogens with one attached hydrogen (secondary N) is 1. The maximum absolute atomic E-state index is 12.0. The molecule has 100 valence electrons. The highest BCUT2D eigenvalue weighted by atomic mass is 35.5. The highest BCUT2D eigenvalue weighted by Crippen LogP contribution is 2.16. The fourth-order valence-corrected chi connectivity index (χ4v) is 1.77. The molecule has 1 amide bonds. The van der Waals surface area contributed by atoms with Gasteiger partial charge in [-0.25, -0.2) is 0 Å². The standard InChI is InChI=1S/C13H18ClNO3/c1-8-7-10(5-6-11(8)14)12(16)15-9(2)13(17-3)18-4/h5-7,9,13H,1-4H3,(H,15,16). The summed E-state index contributed by atoms with van der Waals surface area (Å²) in [5, 5.41) is 3.46. The molecule has 0 aliphatic carbocycles. The number of rotatable bonds is 5. The second kappa shape index (κ2) is 6.73. The maximum atomic E-state index is 12.0. The number of methoxy groups -OCH3 is 2. The molecule has 0 saturated heterocycles. The van der Waals surface area contributed by atoms with Gasteiger partial charge in [-0.2, -0.15) is 0 Å². The smallest absolute Gasteiger partial charge is 0.251 e. The van der Waals surface area contributed by atoms with Crippen LogP contribution in [0.4, 0.5) is 0 Å². The van der Waals surface area contributed by atoms with Crippen molar-refractivity contribution in [3.8, 4) is 0 Å². The first-order valence-electron chi connectivity index (χ1n) is 5.62. The Bertz CT molecular complexity index is 419. The molecule has 1 rings (SSSR count). The number of aryl methyl sites for hydroxylation is 1. The first-order chi connectivity index (χ1) is 8.49. The van der Waals surface area contributed by atoms with Crippen LogP contribution < -0.4 is 5.32 Å². The van der Waals surface area contributed by atoms with E-state index in [1.165, 1.54) is 14.2 Å². The molecule has 0 fully saturated rings. The SMILES string of the molecule is COC(OC)C(C)NC(=O)c1ccc(Cl)c(C)c1. The third-order valence-corrected chi connectivity index (χ3v) is 3.08. The van der Waals surface area contributed by atoms with E-state index in [2.05, 4.69) is 5.32 Å². The van der Waals surface area contributed by atoms with Crippen LogP contribution in [-0.4, -0.2) is 32.5 Å². The Labute approximate surface area is 112 Å². The van der Waals surface area contributed by atoms with Crippen LogP contribution in [0.25, 0.3) is 0 Å². The Morgan fingerprint density at radius 2 is 1.94 bits per heavy atom. The minimum Gasteiger partial charge on any atom is -0.354 e. The van der Waals surface area contributed by atoms with Crippen LogP contribution in [0.5, 0.6) is 0 Å². The van der Waals surface area contributed by atoms with Crippen LogP contribution in [0.3, 0.4) is 0 Å². The Balaban J connectivity index is 2.73. The fraction of sp³-hybridized carbons (Fsp3) is 0.462. The largest absolute Gasteiger partial charge is 0.354 e. The van der Waals surface area contributed by atoms with Gasteiger partial charge in [-0.05, 0) is 37.6 Å². The predicted octanol–water partition coefficient (Wildman–Crippen LogP) is 2.39. The number of hydrogen-bond donors (Lipinski definition) is 1. The summed E-state index contributed by atoms with van der Waals surface area (Å²) in [7, 11) is 3.06. The average Bonchev–Trinajstić information content (AvgIpc) is 2.34. The summed E-state index contributed by atoms with van der Waals surface area (Å²) in [6, 6.07) is 4.90. The molecule has 0 spiro atoms. The highest BCUT2D eigenvalue weighted by molar-refractivity contribution is 6.31. The minimum atomic E-state index is -0.470. The molecule has 0 aromatic heterocycles. The first-order valence-corrected chi connectivity index (χ1v) is 6.00. The lowest BCUT2D eigenvalue weighted by atomic mass is 10.1. The number of amides is 1. The molecule has 0 heterocycles. The van der Waals surface area contributed by atoms with Gasteiger partial charge in [-0.15, -0.1) is 0 Å². The minimum absolute atomic E-state index is 0.179. The Kier molecular flexibility index (Phi) is 5.59. The second-order valence-electron chi connectivity index (χ2n) is 4.07. The van der Waals surface area contributed by atoms with Gasteiger partial charge in [0, 0.05) is 24.8 Å². The van der Waals surface area contributed by atoms with Gasteiger partial charge in [0.25, 0.3) is 5.91 Å². The maximum Gasteiger partial charge on any atom is 0.251 e. The van der Waals surface area contributed by atoms with E-state index in [1.54, 1.807) is 18.2 Å². The molecule has 4 nitrogen and oxygen atoms in total. The Hall–Kier alpha value is -1.10. The highest BCUT2D eigenvalue weighted by Gasteiger charge is 2.18. The fourth-order valence-electron chi connectivity index (χ4n) is 1.65. The van der Waals surface area contributed by atoms with Gasteiger partial charge in [-0.1, -0.05) is 11.6 Å². The molecule has 5 heteroatoms. The van der Waals surface area contributed by atoms with Gasteiger partial charge >= 0.3 is 0 Å². The van der Waals surface area contributed by atoms with Gasteiger partial charge < -0.3 is 14.8 Å². The lowest BCUT2D eigenvalue weighted by molar-refractivity contribution is -0.117. The van der Waals surface area contributed by atoms with E-state index in [9.17, 15) is 4.79 Å².